The van der Waals surface area contributed by atoms with Crippen LogP contribution in [0.4, 0.5) is 0 Å². The fraction of sp³-hybridized carbons (Fsp3) is 0.333. The SMILES string of the molecule is COC1CC(NC2c3ccccc3-c3ccccc32)C1. The fourth-order valence-electron chi connectivity index (χ4n) is 3.46. The maximum Gasteiger partial charge on any atom is 0.0601 e. The predicted molar refractivity (Wildman–Crippen MR) is 80.7 cm³/mol. The first kappa shape index (κ1) is 12.1. The molecule has 0 saturated heterocycles. The average Bonchev–Trinajstić information content (AvgIpc) is 2.77. The number of rotatable bonds is 3. The van der Waals surface area contributed by atoms with Crippen LogP contribution in [0.5, 0.6) is 0 Å². The molecule has 4 rings (SSSR count). The van der Waals surface area contributed by atoms with Gasteiger partial charge in [-0.25, -0.2) is 0 Å². The summed E-state index contributed by atoms with van der Waals surface area (Å²) in [6.07, 6.45) is 2.69. The lowest BCUT2D eigenvalue weighted by molar-refractivity contribution is 0.0155. The van der Waals surface area contributed by atoms with Gasteiger partial charge >= 0.3 is 0 Å². The van der Waals surface area contributed by atoms with Crippen LogP contribution in [-0.2, 0) is 4.74 Å². The van der Waals surface area contributed by atoms with Crippen LogP contribution in [0.1, 0.15) is 30.0 Å². The van der Waals surface area contributed by atoms with E-state index in [-0.39, 0.29) is 0 Å². The van der Waals surface area contributed by atoms with Gasteiger partial charge in [-0.3, -0.25) is 0 Å². The Hall–Kier alpha value is -1.64. The van der Waals surface area contributed by atoms with Gasteiger partial charge < -0.3 is 10.1 Å². The first-order valence-electron chi connectivity index (χ1n) is 7.34. The van der Waals surface area contributed by atoms with Crippen molar-refractivity contribution in [3.63, 3.8) is 0 Å². The molecular weight excluding hydrogens is 246 g/mol. The third-order valence-electron chi connectivity index (χ3n) is 4.66. The van der Waals surface area contributed by atoms with Crippen molar-refractivity contribution in [3.8, 4) is 11.1 Å². The molecule has 1 fully saturated rings. The lowest BCUT2D eigenvalue weighted by Crippen LogP contribution is -2.46. The predicted octanol–water partition coefficient (Wildman–Crippen LogP) is 3.52. The van der Waals surface area contributed by atoms with E-state index in [4.69, 9.17) is 4.74 Å². The second-order valence-corrected chi connectivity index (χ2v) is 5.80. The zero-order valence-corrected chi connectivity index (χ0v) is 11.7. The molecule has 20 heavy (non-hydrogen) atoms. The van der Waals surface area contributed by atoms with E-state index in [0.29, 0.717) is 18.2 Å². The third kappa shape index (κ3) is 1.80. The van der Waals surface area contributed by atoms with Crippen LogP contribution in [0.2, 0.25) is 0 Å². The monoisotopic (exact) mass is 265 g/mol. The van der Waals surface area contributed by atoms with Crippen LogP contribution in [0.15, 0.2) is 48.5 Å². The Bertz CT molecular complexity index is 585. The van der Waals surface area contributed by atoms with Crippen LogP contribution in [0.25, 0.3) is 11.1 Å². The molecule has 1 saturated carbocycles. The third-order valence-corrected chi connectivity index (χ3v) is 4.66. The number of hydrogen-bond acceptors (Lipinski definition) is 2. The lowest BCUT2D eigenvalue weighted by atomic mass is 9.88. The summed E-state index contributed by atoms with van der Waals surface area (Å²) >= 11 is 0. The molecule has 0 aromatic heterocycles. The van der Waals surface area contributed by atoms with Gasteiger partial charge in [-0.1, -0.05) is 48.5 Å². The van der Waals surface area contributed by atoms with Gasteiger partial charge in [0, 0.05) is 13.2 Å². The maximum absolute atomic E-state index is 5.38. The highest BCUT2D eigenvalue weighted by Gasteiger charge is 2.34. The molecule has 0 bridgehead atoms. The highest BCUT2D eigenvalue weighted by atomic mass is 16.5. The van der Waals surface area contributed by atoms with Gasteiger partial charge in [-0.15, -0.1) is 0 Å². The van der Waals surface area contributed by atoms with E-state index in [9.17, 15) is 0 Å². The number of benzene rings is 2. The highest BCUT2D eigenvalue weighted by Crippen LogP contribution is 2.44. The Morgan fingerprint density at radius 3 is 2.00 bits per heavy atom. The zero-order chi connectivity index (χ0) is 13.5. The molecule has 0 radical (unpaired) electrons. The van der Waals surface area contributed by atoms with Gasteiger partial charge in [-0.2, -0.15) is 0 Å². The minimum Gasteiger partial charge on any atom is -0.381 e. The van der Waals surface area contributed by atoms with Crippen LogP contribution in [0, 0.1) is 0 Å². The number of fused-ring (bicyclic) bond motifs is 3. The van der Waals surface area contributed by atoms with E-state index in [2.05, 4.69) is 53.8 Å². The topological polar surface area (TPSA) is 21.3 Å². The summed E-state index contributed by atoms with van der Waals surface area (Å²) in [4.78, 5) is 0. The Labute approximate surface area is 119 Å². The van der Waals surface area contributed by atoms with Gasteiger partial charge in [0.1, 0.15) is 0 Å². The molecule has 0 aliphatic heterocycles. The summed E-state index contributed by atoms with van der Waals surface area (Å²) in [7, 11) is 1.81. The van der Waals surface area contributed by atoms with Gasteiger partial charge in [0.25, 0.3) is 0 Å². The molecule has 0 atom stereocenters. The zero-order valence-electron chi connectivity index (χ0n) is 11.7. The summed E-state index contributed by atoms with van der Waals surface area (Å²) in [5, 5.41) is 3.81. The fourth-order valence-corrected chi connectivity index (χ4v) is 3.46. The van der Waals surface area contributed by atoms with Crippen molar-refractivity contribution in [2.24, 2.45) is 0 Å². The number of methoxy groups -OCH3 is 1. The number of nitrogens with one attached hydrogen (secondary N) is 1. The molecule has 102 valence electrons. The summed E-state index contributed by atoms with van der Waals surface area (Å²) in [5.41, 5.74) is 5.58. The normalized spacial score (nSPS) is 24.1. The first-order valence-corrected chi connectivity index (χ1v) is 7.34. The summed E-state index contributed by atoms with van der Waals surface area (Å²) < 4.78 is 5.38. The van der Waals surface area contributed by atoms with Crippen molar-refractivity contribution in [2.45, 2.75) is 31.0 Å². The highest BCUT2D eigenvalue weighted by molar-refractivity contribution is 5.78. The first-order chi connectivity index (χ1) is 9.86. The molecule has 2 nitrogen and oxygen atoms in total. The van der Waals surface area contributed by atoms with Gasteiger partial charge in [0.2, 0.25) is 0 Å². The molecular formula is C18H19NO. The average molecular weight is 265 g/mol. The largest absolute Gasteiger partial charge is 0.381 e. The maximum atomic E-state index is 5.38. The lowest BCUT2D eigenvalue weighted by Gasteiger charge is -2.37. The molecule has 0 spiro atoms. The molecule has 2 aliphatic carbocycles. The second kappa shape index (κ2) is 4.72. The molecule has 2 heteroatoms. The van der Waals surface area contributed by atoms with Gasteiger partial charge in [0.05, 0.1) is 12.1 Å². The molecule has 2 aromatic rings. The van der Waals surface area contributed by atoms with E-state index < -0.39 is 0 Å². The Morgan fingerprint density at radius 1 is 0.900 bits per heavy atom. The minimum atomic E-state index is 0.338. The standard InChI is InChI=1S/C18H19NO/c1-20-13-10-12(11-13)19-18-16-8-4-2-6-14(16)15-7-3-5-9-17(15)18/h2-9,12-13,18-19H,10-11H2,1H3. The summed E-state index contributed by atoms with van der Waals surface area (Å²) in [5.74, 6) is 0. The van der Waals surface area contributed by atoms with Crippen molar-refractivity contribution < 1.29 is 4.74 Å². The van der Waals surface area contributed by atoms with E-state index in [1.54, 1.807) is 7.11 Å². The summed E-state index contributed by atoms with van der Waals surface area (Å²) in [6, 6.07) is 18.4. The van der Waals surface area contributed by atoms with E-state index in [1.807, 2.05) is 0 Å². The molecule has 0 heterocycles. The second-order valence-electron chi connectivity index (χ2n) is 5.80. The number of hydrogen-bond donors (Lipinski definition) is 1. The smallest absolute Gasteiger partial charge is 0.0601 e. The molecule has 0 unspecified atom stereocenters. The quantitative estimate of drug-likeness (QED) is 0.916. The Kier molecular flexibility index (Phi) is 2.86. The van der Waals surface area contributed by atoms with Crippen LogP contribution in [-0.4, -0.2) is 19.3 Å². The van der Waals surface area contributed by atoms with Crippen LogP contribution in [0.3, 0.4) is 0 Å². The van der Waals surface area contributed by atoms with E-state index in [1.165, 1.54) is 22.3 Å². The summed E-state index contributed by atoms with van der Waals surface area (Å²) in [6.45, 7) is 0. The Morgan fingerprint density at radius 2 is 1.45 bits per heavy atom. The van der Waals surface area contributed by atoms with Crippen molar-refractivity contribution in [2.75, 3.05) is 7.11 Å². The molecule has 0 amide bonds. The van der Waals surface area contributed by atoms with E-state index in [0.717, 1.165) is 12.8 Å². The van der Waals surface area contributed by atoms with E-state index >= 15 is 0 Å². The van der Waals surface area contributed by atoms with Crippen LogP contribution < -0.4 is 5.32 Å². The van der Waals surface area contributed by atoms with Gasteiger partial charge in [0.15, 0.2) is 0 Å². The van der Waals surface area contributed by atoms with Crippen molar-refractivity contribution in [3.05, 3.63) is 59.7 Å². The Balaban J connectivity index is 1.66. The molecule has 2 aromatic carbocycles. The van der Waals surface area contributed by atoms with Crippen molar-refractivity contribution in [1.29, 1.82) is 0 Å². The minimum absolute atomic E-state index is 0.338. The number of ether oxygens (including phenoxy) is 1. The van der Waals surface area contributed by atoms with Crippen LogP contribution >= 0.6 is 0 Å². The van der Waals surface area contributed by atoms with Crippen molar-refractivity contribution in [1.82, 2.24) is 5.32 Å². The molecule has 1 N–H and O–H groups in total. The van der Waals surface area contributed by atoms with Crippen molar-refractivity contribution >= 4 is 0 Å². The molecule has 2 aliphatic rings. The van der Waals surface area contributed by atoms with Gasteiger partial charge in [-0.05, 0) is 35.1 Å².